The lowest BCUT2D eigenvalue weighted by atomic mass is 10.00. The van der Waals surface area contributed by atoms with E-state index in [1.165, 1.54) is 11.3 Å². The zero-order valence-electron chi connectivity index (χ0n) is 14.1. The van der Waals surface area contributed by atoms with Gasteiger partial charge in [0.2, 0.25) is 0 Å². The van der Waals surface area contributed by atoms with E-state index in [9.17, 15) is 4.79 Å². The highest BCUT2D eigenvalue weighted by Crippen LogP contribution is 2.27. The quantitative estimate of drug-likeness (QED) is 0.846. The van der Waals surface area contributed by atoms with E-state index < -0.39 is 0 Å². The number of urea groups is 1. The average Bonchev–Trinajstić information content (AvgIpc) is 2.55. The lowest BCUT2D eigenvalue weighted by molar-refractivity contribution is 0.194. The highest BCUT2D eigenvalue weighted by molar-refractivity contribution is 5.74. The molecule has 0 aliphatic carbocycles. The molecule has 1 saturated heterocycles. The molecule has 1 aliphatic heterocycles. The molecule has 1 N–H and O–H groups in total. The van der Waals surface area contributed by atoms with Crippen molar-refractivity contribution in [3.63, 3.8) is 0 Å². The minimum Gasteiger partial charge on any atom is -0.368 e. The number of carbonyl (C=O) groups excluding carboxylic acids is 1. The van der Waals surface area contributed by atoms with Crippen molar-refractivity contribution < 1.29 is 4.79 Å². The van der Waals surface area contributed by atoms with Gasteiger partial charge >= 0.3 is 6.03 Å². The average molecular weight is 303 g/mol. The molecule has 1 heterocycles. The van der Waals surface area contributed by atoms with Crippen molar-refractivity contribution in [1.29, 1.82) is 0 Å². The second-order valence-electron chi connectivity index (χ2n) is 6.27. The number of piperazine rings is 1. The number of para-hydroxylation sites is 1. The number of benzene rings is 1. The molecular weight excluding hydrogens is 274 g/mol. The van der Waals surface area contributed by atoms with E-state index in [-0.39, 0.29) is 6.03 Å². The molecule has 4 heteroatoms. The Hall–Kier alpha value is -1.71. The van der Waals surface area contributed by atoms with Gasteiger partial charge in [-0.25, -0.2) is 4.79 Å². The van der Waals surface area contributed by atoms with Crippen LogP contribution in [0.1, 0.15) is 45.1 Å². The van der Waals surface area contributed by atoms with E-state index in [4.69, 9.17) is 0 Å². The van der Waals surface area contributed by atoms with Crippen LogP contribution < -0.4 is 10.2 Å². The van der Waals surface area contributed by atoms with Crippen LogP contribution in [0.3, 0.4) is 0 Å². The van der Waals surface area contributed by atoms with E-state index in [0.29, 0.717) is 5.92 Å². The highest BCUT2D eigenvalue weighted by atomic mass is 16.2. The maximum absolute atomic E-state index is 12.1. The van der Waals surface area contributed by atoms with Crippen molar-refractivity contribution in [3.8, 4) is 0 Å². The number of rotatable bonds is 5. The van der Waals surface area contributed by atoms with Gasteiger partial charge in [-0.15, -0.1) is 0 Å². The first-order chi connectivity index (χ1) is 10.6. The Bertz CT molecular complexity index is 479. The molecule has 122 valence electrons. The van der Waals surface area contributed by atoms with Gasteiger partial charge in [0.05, 0.1) is 0 Å². The normalized spacial score (nSPS) is 15.3. The van der Waals surface area contributed by atoms with Crippen molar-refractivity contribution >= 4 is 11.7 Å². The van der Waals surface area contributed by atoms with Crippen molar-refractivity contribution in [1.82, 2.24) is 10.2 Å². The smallest absolute Gasteiger partial charge is 0.317 e. The number of nitrogens with zero attached hydrogens (tertiary/aromatic N) is 2. The summed E-state index contributed by atoms with van der Waals surface area (Å²) in [7, 11) is 0. The molecule has 2 rings (SSSR count). The van der Waals surface area contributed by atoms with E-state index in [1.54, 1.807) is 0 Å². The van der Waals surface area contributed by atoms with Crippen LogP contribution in [0.25, 0.3) is 0 Å². The molecule has 0 aromatic heterocycles. The van der Waals surface area contributed by atoms with Crippen molar-refractivity contribution in [3.05, 3.63) is 29.8 Å². The van der Waals surface area contributed by atoms with Gasteiger partial charge in [0.1, 0.15) is 0 Å². The number of amides is 2. The van der Waals surface area contributed by atoms with E-state index in [2.05, 4.69) is 55.3 Å². The molecule has 1 aliphatic rings. The summed E-state index contributed by atoms with van der Waals surface area (Å²) in [5.74, 6) is 0.520. The summed E-state index contributed by atoms with van der Waals surface area (Å²) >= 11 is 0. The minimum atomic E-state index is 0.0882. The zero-order chi connectivity index (χ0) is 15.9. The summed E-state index contributed by atoms with van der Waals surface area (Å²) in [6.45, 7) is 10.8. The highest BCUT2D eigenvalue weighted by Gasteiger charge is 2.22. The molecule has 22 heavy (non-hydrogen) atoms. The Morgan fingerprint density at radius 2 is 1.86 bits per heavy atom. The topological polar surface area (TPSA) is 35.6 Å². The summed E-state index contributed by atoms with van der Waals surface area (Å²) in [4.78, 5) is 16.4. The second-order valence-corrected chi connectivity index (χ2v) is 6.27. The van der Waals surface area contributed by atoms with Gasteiger partial charge < -0.3 is 15.1 Å². The number of anilines is 1. The van der Waals surface area contributed by atoms with Crippen molar-refractivity contribution in [2.24, 2.45) is 0 Å². The largest absolute Gasteiger partial charge is 0.368 e. The maximum atomic E-state index is 12.1. The predicted molar refractivity (Wildman–Crippen MR) is 92.6 cm³/mol. The molecule has 4 nitrogen and oxygen atoms in total. The van der Waals surface area contributed by atoms with Gasteiger partial charge in [-0.3, -0.25) is 0 Å². The van der Waals surface area contributed by atoms with Crippen molar-refractivity contribution in [2.45, 2.75) is 39.5 Å². The fraction of sp³-hybridized carbons (Fsp3) is 0.611. The van der Waals surface area contributed by atoms with Gasteiger partial charge in [-0.1, -0.05) is 45.4 Å². The monoisotopic (exact) mass is 303 g/mol. The molecule has 2 amide bonds. The molecular formula is C18H29N3O. The molecule has 0 spiro atoms. The van der Waals surface area contributed by atoms with Crippen LogP contribution in [0.2, 0.25) is 0 Å². The van der Waals surface area contributed by atoms with Crippen LogP contribution in [-0.4, -0.2) is 43.7 Å². The van der Waals surface area contributed by atoms with Crippen LogP contribution in [-0.2, 0) is 0 Å². The number of unbranched alkanes of at least 4 members (excludes halogenated alkanes) is 1. The summed E-state index contributed by atoms with van der Waals surface area (Å²) in [6.07, 6.45) is 2.16. The fourth-order valence-electron chi connectivity index (χ4n) is 2.90. The fourth-order valence-corrected chi connectivity index (χ4v) is 2.90. The first-order valence-corrected chi connectivity index (χ1v) is 8.50. The van der Waals surface area contributed by atoms with Crippen LogP contribution >= 0.6 is 0 Å². The SMILES string of the molecule is CCCCNC(=O)N1CCN(c2ccccc2C(C)C)CC1. The predicted octanol–water partition coefficient (Wildman–Crippen LogP) is 3.44. The Labute approximate surface area is 134 Å². The summed E-state index contributed by atoms with van der Waals surface area (Å²) in [5.41, 5.74) is 2.71. The Balaban J connectivity index is 1.91. The van der Waals surface area contributed by atoms with Crippen molar-refractivity contribution in [2.75, 3.05) is 37.6 Å². The molecule has 1 aromatic rings. The van der Waals surface area contributed by atoms with Gasteiger partial charge in [0.15, 0.2) is 0 Å². The molecule has 0 saturated carbocycles. The standard InChI is InChI=1S/C18H29N3O/c1-4-5-10-19-18(22)21-13-11-20(12-14-21)17-9-7-6-8-16(17)15(2)3/h6-9,15H,4-5,10-14H2,1-3H3,(H,19,22). The number of nitrogens with one attached hydrogen (secondary N) is 1. The summed E-state index contributed by atoms with van der Waals surface area (Å²) in [6, 6.07) is 8.71. The van der Waals surface area contributed by atoms with E-state index in [0.717, 1.165) is 45.6 Å². The Kier molecular flexibility index (Phi) is 6.10. The summed E-state index contributed by atoms with van der Waals surface area (Å²) in [5, 5.41) is 3.01. The molecule has 0 bridgehead atoms. The van der Waals surface area contributed by atoms with Crippen LogP contribution in [0, 0.1) is 0 Å². The van der Waals surface area contributed by atoms with Gasteiger partial charge in [0.25, 0.3) is 0 Å². The lowest BCUT2D eigenvalue weighted by Gasteiger charge is -2.37. The van der Waals surface area contributed by atoms with Crippen LogP contribution in [0.5, 0.6) is 0 Å². The van der Waals surface area contributed by atoms with Gasteiger partial charge in [0, 0.05) is 38.4 Å². The third-order valence-electron chi connectivity index (χ3n) is 4.27. The van der Waals surface area contributed by atoms with E-state index >= 15 is 0 Å². The van der Waals surface area contributed by atoms with Crippen LogP contribution in [0.4, 0.5) is 10.5 Å². The molecule has 0 atom stereocenters. The number of hydrogen-bond donors (Lipinski definition) is 1. The third kappa shape index (κ3) is 4.15. The molecule has 1 aromatic carbocycles. The van der Waals surface area contributed by atoms with Gasteiger partial charge in [-0.2, -0.15) is 0 Å². The first-order valence-electron chi connectivity index (χ1n) is 8.50. The van der Waals surface area contributed by atoms with Crippen LogP contribution in [0.15, 0.2) is 24.3 Å². The zero-order valence-corrected chi connectivity index (χ0v) is 14.1. The van der Waals surface area contributed by atoms with E-state index in [1.807, 2.05) is 4.90 Å². The number of carbonyl (C=O) groups is 1. The number of hydrogen-bond acceptors (Lipinski definition) is 2. The molecule has 0 radical (unpaired) electrons. The third-order valence-corrected chi connectivity index (χ3v) is 4.27. The first kappa shape index (κ1) is 16.7. The second kappa shape index (κ2) is 8.06. The summed E-state index contributed by atoms with van der Waals surface area (Å²) < 4.78 is 0. The Morgan fingerprint density at radius 1 is 1.18 bits per heavy atom. The maximum Gasteiger partial charge on any atom is 0.317 e. The molecule has 1 fully saturated rings. The minimum absolute atomic E-state index is 0.0882. The molecule has 0 unspecified atom stereocenters. The lowest BCUT2D eigenvalue weighted by Crippen LogP contribution is -2.52. The van der Waals surface area contributed by atoms with Gasteiger partial charge in [-0.05, 0) is 24.0 Å². The Morgan fingerprint density at radius 3 is 2.50 bits per heavy atom.